The Balaban J connectivity index is 1.63. The van der Waals surface area contributed by atoms with Gasteiger partial charge in [0.1, 0.15) is 5.69 Å². The Kier molecular flexibility index (Phi) is 7.27. The first-order chi connectivity index (χ1) is 16.2. The van der Waals surface area contributed by atoms with Gasteiger partial charge in [-0.05, 0) is 60.7 Å². The van der Waals surface area contributed by atoms with E-state index in [0.29, 0.717) is 27.3 Å². The molecule has 3 amide bonds. The number of halogens is 4. The standard InChI is InChI=1S/C23H14Br2Cl2N4O3/c24-13-2-1-3-15(10-13)29-22(33)23(34)30-31-19-7-4-14(25)8-12(19)9-20(31)21(32)28-16-5-6-17(26)18(27)11-16/h1-11H,(H,28,32)(H,29,33)(H,30,34). The number of rotatable bonds is 4. The second-order valence-electron chi connectivity index (χ2n) is 7.06. The molecule has 0 saturated carbocycles. The van der Waals surface area contributed by atoms with Crippen LogP contribution in [0, 0.1) is 0 Å². The van der Waals surface area contributed by atoms with Crippen molar-refractivity contribution in [2.75, 3.05) is 16.1 Å². The number of nitrogens with one attached hydrogen (secondary N) is 3. The molecule has 4 rings (SSSR count). The molecule has 0 spiro atoms. The average molecular weight is 625 g/mol. The van der Waals surface area contributed by atoms with Gasteiger partial charge in [0.2, 0.25) is 0 Å². The van der Waals surface area contributed by atoms with E-state index in [2.05, 4.69) is 47.9 Å². The Morgan fingerprint density at radius 2 is 1.47 bits per heavy atom. The second kappa shape index (κ2) is 10.2. The lowest BCUT2D eigenvalue weighted by molar-refractivity contribution is -0.133. The van der Waals surface area contributed by atoms with Gasteiger partial charge in [-0.25, -0.2) is 4.68 Å². The maximum absolute atomic E-state index is 13.1. The minimum atomic E-state index is -0.955. The van der Waals surface area contributed by atoms with E-state index >= 15 is 0 Å². The van der Waals surface area contributed by atoms with E-state index < -0.39 is 17.7 Å². The molecule has 0 radical (unpaired) electrons. The van der Waals surface area contributed by atoms with Crippen molar-refractivity contribution in [2.45, 2.75) is 0 Å². The molecule has 3 aromatic carbocycles. The van der Waals surface area contributed by atoms with E-state index in [1.807, 2.05) is 0 Å². The topological polar surface area (TPSA) is 92.2 Å². The summed E-state index contributed by atoms with van der Waals surface area (Å²) in [6.07, 6.45) is 0. The van der Waals surface area contributed by atoms with Crippen LogP contribution in [0.2, 0.25) is 10.0 Å². The minimum Gasteiger partial charge on any atom is -0.321 e. The van der Waals surface area contributed by atoms with Crippen LogP contribution in [0.25, 0.3) is 10.9 Å². The third-order valence-electron chi connectivity index (χ3n) is 4.68. The summed E-state index contributed by atoms with van der Waals surface area (Å²) in [7, 11) is 0. The molecule has 0 atom stereocenters. The van der Waals surface area contributed by atoms with E-state index in [9.17, 15) is 14.4 Å². The summed E-state index contributed by atoms with van der Waals surface area (Å²) in [4.78, 5) is 38.3. The fourth-order valence-electron chi connectivity index (χ4n) is 3.15. The monoisotopic (exact) mass is 622 g/mol. The van der Waals surface area contributed by atoms with Gasteiger partial charge in [0.25, 0.3) is 5.91 Å². The Bertz CT molecular complexity index is 1460. The van der Waals surface area contributed by atoms with Crippen LogP contribution in [-0.2, 0) is 9.59 Å². The number of hydrogen-bond donors (Lipinski definition) is 3. The largest absolute Gasteiger partial charge is 0.328 e. The van der Waals surface area contributed by atoms with Crippen LogP contribution in [0.15, 0.2) is 75.7 Å². The van der Waals surface area contributed by atoms with Crippen molar-refractivity contribution in [3.63, 3.8) is 0 Å². The molecule has 172 valence electrons. The molecule has 0 aliphatic carbocycles. The number of hydrogen-bond acceptors (Lipinski definition) is 3. The van der Waals surface area contributed by atoms with Gasteiger partial charge in [0.05, 0.1) is 15.6 Å². The highest BCUT2D eigenvalue weighted by Gasteiger charge is 2.21. The first-order valence-electron chi connectivity index (χ1n) is 9.66. The number of aromatic nitrogens is 1. The SMILES string of the molecule is O=C(Nc1cccc(Br)c1)C(=O)Nn1c(C(=O)Nc2ccc(Cl)c(Cl)c2)cc2cc(Br)ccc21. The summed E-state index contributed by atoms with van der Waals surface area (Å²) < 4.78 is 2.79. The molecule has 4 aromatic rings. The number of amides is 3. The normalized spacial score (nSPS) is 10.7. The number of fused-ring (bicyclic) bond motifs is 1. The van der Waals surface area contributed by atoms with Gasteiger partial charge in [-0.15, -0.1) is 0 Å². The van der Waals surface area contributed by atoms with Crippen molar-refractivity contribution < 1.29 is 14.4 Å². The van der Waals surface area contributed by atoms with Crippen LogP contribution in [0.4, 0.5) is 11.4 Å². The van der Waals surface area contributed by atoms with Gasteiger partial charge in [-0.3, -0.25) is 19.8 Å². The molecule has 1 aromatic heterocycles. The van der Waals surface area contributed by atoms with Crippen LogP contribution in [-0.4, -0.2) is 22.4 Å². The molecule has 0 fully saturated rings. The van der Waals surface area contributed by atoms with E-state index in [1.165, 1.54) is 10.7 Å². The van der Waals surface area contributed by atoms with Crippen LogP contribution >= 0.6 is 55.1 Å². The fraction of sp³-hybridized carbons (Fsp3) is 0. The zero-order chi connectivity index (χ0) is 24.4. The zero-order valence-electron chi connectivity index (χ0n) is 17.0. The molecule has 7 nitrogen and oxygen atoms in total. The third-order valence-corrected chi connectivity index (χ3v) is 6.40. The predicted octanol–water partition coefficient (Wildman–Crippen LogP) is 6.43. The molecular weight excluding hydrogens is 611 g/mol. The van der Waals surface area contributed by atoms with Crippen LogP contribution in [0.3, 0.4) is 0 Å². The molecule has 0 unspecified atom stereocenters. The number of carbonyl (C=O) groups excluding carboxylic acids is 3. The molecule has 34 heavy (non-hydrogen) atoms. The molecule has 0 aliphatic heterocycles. The highest BCUT2D eigenvalue weighted by molar-refractivity contribution is 9.10. The fourth-order valence-corrected chi connectivity index (χ4v) is 4.23. The summed E-state index contributed by atoms with van der Waals surface area (Å²) >= 11 is 18.7. The lowest BCUT2D eigenvalue weighted by Gasteiger charge is -2.13. The summed E-state index contributed by atoms with van der Waals surface area (Å²) in [5.74, 6) is -2.38. The van der Waals surface area contributed by atoms with Gasteiger partial charge in [-0.2, -0.15) is 0 Å². The summed E-state index contributed by atoms with van der Waals surface area (Å²) in [5.41, 5.74) is 3.98. The Morgan fingerprint density at radius 3 is 2.21 bits per heavy atom. The van der Waals surface area contributed by atoms with Gasteiger partial charge < -0.3 is 10.6 Å². The maximum Gasteiger partial charge on any atom is 0.328 e. The third kappa shape index (κ3) is 5.44. The molecule has 1 heterocycles. The lowest BCUT2D eigenvalue weighted by atomic mass is 10.2. The van der Waals surface area contributed by atoms with Crippen LogP contribution in [0.1, 0.15) is 10.5 Å². The van der Waals surface area contributed by atoms with E-state index in [0.717, 1.165) is 8.95 Å². The molecule has 11 heteroatoms. The Labute approximate surface area is 220 Å². The Hall–Kier alpha value is -2.85. The highest BCUT2D eigenvalue weighted by Crippen LogP contribution is 2.27. The highest BCUT2D eigenvalue weighted by atomic mass is 79.9. The van der Waals surface area contributed by atoms with E-state index in [4.69, 9.17) is 23.2 Å². The number of anilines is 2. The van der Waals surface area contributed by atoms with Gasteiger partial charge in [-0.1, -0.05) is 61.1 Å². The smallest absolute Gasteiger partial charge is 0.321 e. The summed E-state index contributed by atoms with van der Waals surface area (Å²) in [6.45, 7) is 0. The maximum atomic E-state index is 13.1. The number of carbonyl (C=O) groups is 3. The first kappa shape index (κ1) is 24.3. The molecule has 0 bridgehead atoms. The second-order valence-corrected chi connectivity index (χ2v) is 9.70. The number of nitrogens with zero attached hydrogens (tertiary/aromatic N) is 1. The average Bonchev–Trinajstić information content (AvgIpc) is 3.13. The summed E-state index contributed by atoms with van der Waals surface area (Å²) in [6, 6.07) is 18.3. The predicted molar refractivity (Wildman–Crippen MR) is 141 cm³/mol. The lowest BCUT2D eigenvalue weighted by Crippen LogP contribution is -2.36. The first-order valence-corrected chi connectivity index (χ1v) is 12.0. The van der Waals surface area contributed by atoms with Crippen LogP contribution < -0.4 is 16.1 Å². The van der Waals surface area contributed by atoms with Crippen LogP contribution in [0.5, 0.6) is 0 Å². The zero-order valence-corrected chi connectivity index (χ0v) is 21.7. The Morgan fingerprint density at radius 1 is 0.735 bits per heavy atom. The quantitative estimate of drug-likeness (QED) is 0.228. The van der Waals surface area contributed by atoms with Crippen molar-refractivity contribution >= 4 is 95.1 Å². The van der Waals surface area contributed by atoms with Crippen molar-refractivity contribution in [3.05, 3.63) is 91.4 Å². The van der Waals surface area contributed by atoms with Crippen molar-refractivity contribution in [3.8, 4) is 0 Å². The molecule has 0 aliphatic rings. The molecular formula is C23H14Br2Cl2N4O3. The molecule has 0 saturated heterocycles. The minimum absolute atomic E-state index is 0.0998. The van der Waals surface area contributed by atoms with Crippen molar-refractivity contribution in [2.24, 2.45) is 0 Å². The molecule has 3 N–H and O–H groups in total. The van der Waals surface area contributed by atoms with Gasteiger partial charge in [0.15, 0.2) is 0 Å². The van der Waals surface area contributed by atoms with Crippen molar-refractivity contribution in [1.82, 2.24) is 4.68 Å². The van der Waals surface area contributed by atoms with Gasteiger partial charge in [0, 0.05) is 25.7 Å². The van der Waals surface area contributed by atoms with E-state index in [1.54, 1.807) is 60.7 Å². The summed E-state index contributed by atoms with van der Waals surface area (Å²) in [5, 5.41) is 6.54. The van der Waals surface area contributed by atoms with Gasteiger partial charge >= 0.3 is 11.8 Å². The van der Waals surface area contributed by atoms with E-state index in [-0.39, 0.29) is 10.7 Å². The van der Waals surface area contributed by atoms with Crippen molar-refractivity contribution in [1.29, 1.82) is 0 Å². The number of benzene rings is 3.